The molecule has 4 heteroatoms. The molecule has 4 nitrogen and oxygen atoms in total. The number of benzene rings is 2. The van der Waals surface area contributed by atoms with Crippen LogP contribution in [0.25, 0.3) is 0 Å². The Kier molecular flexibility index (Phi) is 10.6. The number of rotatable bonds is 12. The molecule has 36 heavy (non-hydrogen) atoms. The molecule has 0 atom stereocenters. The van der Waals surface area contributed by atoms with Crippen molar-refractivity contribution in [2.45, 2.75) is 129 Å². The molecule has 0 bridgehead atoms. The van der Waals surface area contributed by atoms with Gasteiger partial charge in [0, 0.05) is 28.2 Å². The monoisotopic (exact) mass is 498 g/mol. The fourth-order valence-electron chi connectivity index (χ4n) is 5.08. The number of aromatic hydroxyl groups is 4. The SMILES string of the molecule is CCCCCCCCCCCC(c1cc(O)c(C(C)(C)C)cc1O)c1cc(O)c(C(C)(C)C)cc1O. The molecule has 2 aromatic carbocycles. The van der Waals surface area contributed by atoms with Crippen molar-refractivity contribution in [2.75, 3.05) is 0 Å². The van der Waals surface area contributed by atoms with Crippen molar-refractivity contribution in [3.8, 4) is 23.0 Å². The number of hydrogen-bond donors (Lipinski definition) is 4. The zero-order valence-corrected chi connectivity index (χ0v) is 23.7. The molecule has 0 amide bonds. The smallest absolute Gasteiger partial charge is 0.119 e. The molecule has 4 N–H and O–H groups in total. The molecule has 202 valence electrons. The third kappa shape index (κ3) is 8.08. The Morgan fingerprint density at radius 3 is 1.25 bits per heavy atom. The molecule has 2 rings (SSSR count). The first kappa shape index (κ1) is 29.9. The summed E-state index contributed by atoms with van der Waals surface area (Å²) in [5, 5.41) is 43.7. The zero-order valence-electron chi connectivity index (χ0n) is 23.7. The topological polar surface area (TPSA) is 80.9 Å². The molecule has 0 aliphatic rings. The van der Waals surface area contributed by atoms with Gasteiger partial charge in [0.15, 0.2) is 0 Å². The van der Waals surface area contributed by atoms with Crippen molar-refractivity contribution in [1.82, 2.24) is 0 Å². The molecule has 0 unspecified atom stereocenters. The molecule has 2 aromatic rings. The third-order valence-corrected chi connectivity index (χ3v) is 7.25. The summed E-state index contributed by atoms with van der Waals surface area (Å²) >= 11 is 0. The summed E-state index contributed by atoms with van der Waals surface area (Å²) in [5.74, 6) is 0.161. The van der Waals surface area contributed by atoms with Gasteiger partial charge in [0.1, 0.15) is 23.0 Å². The van der Waals surface area contributed by atoms with Crippen LogP contribution in [-0.2, 0) is 10.8 Å². The summed E-state index contributed by atoms with van der Waals surface area (Å²) in [7, 11) is 0. The van der Waals surface area contributed by atoms with Gasteiger partial charge >= 0.3 is 0 Å². The van der Waals surface area contributed by atoms with Crippen molar-refractivity contribution >= 4 is 0 Å². The Hall–Kier alpha value is -2.36. The van der Waals surface area contributed by atoms with Crippen LogP contribution in [0.2, 0.25) is 0 Å². The average Bonchev–Trinajstić information content (AvgIpc) is 2.77. The summed E-state index contributed by atoms with van der Waals surface area (Å²) in [6, 6.07) is 6.58. The van der Waals surface area contributed by atoms with Gasteiger partial charge in [-0.15, -0.1) is 0 Å². The highest BCUT2D eigenvalue weighted by atomic mass is 16.3. The van der Waals surface area contributed by atoms with Crippen molar-refractivity contribution in [3.05, 3.63) is 46.5 Å². The van der Waals surface area contributed by atoms with Gasteiger partial charge in [-0.05, 0) is 41.5 Å². The molecule has 0 fully saturated rings. The number of phenolic OH excluding ortho intramolecular Hbond substituents is 4. The standard InChI is InChI=1S/C32H50O4/c1-8-9-10-11-12-13-14-15-16-17-22(23-18-29(35)25(20-27(23)33)31(2,3)4)24-19-30(36)26(21-28(24)34)32(5,6)7/h18-22,33-36H,8-17H2,1-7H3. The van der Waals surface area contributed by atoms with Crippen LogP contribution in [0.4, 0.5) is 0 Å². The lowest BCUT2D eigenvalue weighted by Gasteiger charge is -2.27. The minimum absolute atomic E-state index is 0.109. The van der Waals surface area contributed by atoms with Crippen LogP contribution in [0.5, 0.6) is 23.0 Å². The Morgan fingerprint density at radius 1 is 0.528 bits per heavy atom. The second kappa shape index (κ2) is 12.7. The quantitative estimate of drug-likeness (QED) is 0.174. The highest BCUT2D eigenvalue weighted by molar-refractivity contribution is 5.56. The van der Waals surface area contributed by atoms with E-state index in [1.165, 1.54) is 44.9 Å². The van der Waals surface area contributed by atoms with Crippen LogP contribution in [0, 0.1) is 0 Å². The zero-order chi connectivity index (χ0) is 27.1. The van der Waals surface area contributed by atoms with Gasteiger partial charge in [-0.3, -0.25) is 0 Å². The first-order valence-corrected chi connectivity index (χ1v) is 13.9. The van der Waals surface area contributed by atoms with E-state index in [1.54, 1.807) is 24.3 Å². The first-order valence-electron chi connectivity index (χ1n) is 13.9. The van der Waals surface area contributed by atoms with E-state index >= 15 is 0 Å². The van der Waals surface area contributed by atoms with Gasteiger partial charge in [-0.25, -0.2) is 0 Å². The predicted octanol–water partition coefficient (Wildman–Crippen LogP) is 9.16. The highest BCUT2D eigenvalue weighted by Gasteiger charge is 2.28. The Balaban J connectivity index is 2.32. The summed E-state index contributed by atoms with van der Waals surface area (Å²) in [6.45, 7) is 14.2. The summed E-state index contributed by atoms with van der Waals surface area (Å²) in [5.41, 5.74) is 1.89. The van der Waals surface area contributed by atoms with E-state index in [0.29, 0.717) is 28.7 Å². The summed E-state index contributed by atoms with van der Waals surface area (Å²) in [6.07, 6.45) is 11.6. The fourth-order valence-corrected chi connectivity index (χ4v) is 5.08. The van der Waals surface area contributed by atoms with Gasteiger partial charge in [-0.1, -0.05) is 106 Å². The van der Waals surface area contributed by atoms with E-state index in [-0.39, 0.29) is 39.7 Å². The van der Waals surface area contributed by atoms with Gasteiger partial charge in [0.25, 0.3) is 0 Å². The highest BCUT2D eigenvalue weighted by Crippen LogP contribution is 2.46. The third-order valence-electron chi connectivity index (χ3n) is 7.25. The van der Waals surface area contributed by atoms with E-state index in [9.17, 15) is 20.4 Å². The Labute approximate surface area is 219 Å². The van der Waals surface area contributed by atoms with Crippen molar-refractivity contribution in [3.63, 3.8) is 0 Å². The number of phenols is 4. The van der Waals surface area contributed by atoms with Crippen molar-refractivity contribution in [1.29, 1.82) is 0 Å². The van der Waals surface area contributed by atoms with E-state index < -0.39 is 0 Å². The summed E-state index contributed by atoms with van der Waals surface area (Å²) in [4.78, 5) is 0. The molecule has 0 aliphatic heterocycles. The molecule has 0 spiro atoms. The van der Waals surface area contributed by atoms with Gasteiger partial charge in [-0.2, -0.15) is 0 Å². The van der Waals surface area contributed by atoms with Gasteiger partial charge in [0.2, 0.25) is 0 Å². The lowest BCUT2D eigenvalue weighted by Crippen LogP contribution is -2.13. The molecular formula is C32H50O4. The first-order chi connectivity index (χ1) is 16.8. The van der Waals surface area contributed by atoms with E-state index in [1.807, 2.05) is 41.5 Å². The van der Waals surface area contributed by atoms with Crippen LogP contribution in [0.3, 0.4) is 0 Å². The largest absolute Gasteiger partial charge is 0.508 e. The van der Waals surface area contributed by atoms with Crippen molar-refractivity contribution in [2.24, 2.45) is 0 Å². The van der Waals surface area contributed by atoms with Crippen LogP contribution in [-0.4, -0.2) is 20.4 Å². The number of hydrogen-bond acceptors (Lipinski definition) is 4. The normalized spacial score (nSPS) is 12.4. The molecule has 0 saturated heterocycles. The lowest BCUT2D eigenvalue weighted by molar-refractivity contribution is 0.418. The fraction of sp³-hybridized carbons (Fsp3) is 0.625. The van der Waals surface area contributed by atoms with Gasteiger partial charge in [0.05, 0.1) is 0 Å². The lowest BCUT2D eigenvalue weighted by atomic mass is 9.79. The van der Waals surface area contributed by atoms with Crippen LogP contribution in [0.1, 0.15) is 141 Å². The van der Waals surface area contributed by atoms with Crippen LogP contribution < -0.4 is 0 Å². The minimum atomic E-state index is -0.339. The van der Waals surface area contributed by atoms with Crippen LogP contribution >= 0.6 is 0 Å². The Morgan fingerprint density at radius 2 is 0.889 bits per heavy atom. The molecule has 0 heterocycles. The van der Waals surface area contributed by atoms with Gasteiger partial charge < -0.3 is 20.4 Å². The molecular weight excluding hydrogens is 448 g/mol. The van der Waals surface area contributed by atoms with Crippen molar-refractivity contribution < 1.29 is 20.4 Å². The molecule has 0 saturated carbocycles. The van der Waals surface area contributed by atoms with Crippen LogP contribution in [0.15, 0.2) is 24.3 Å². The maximum Gasteiger partial charge on any atom is 0.119 e. The molecule has 0 aliphatic carbocycles. The van der Waals surface area contributed by atoms with E-state index in [0.717, 1.165) is 12.8 Å². The second-order valence-electron chi connectivity index (χ2n) is 12.5. The minimum Gasteiger partial charge on any atom is -0.508 e. The van der Waals surface area contributed by atoms with E-state index in [2.05, 4.69) is 6.92 Å². The van der Waals surface area contributed by atoms with E-state index in [4.69, 9.17) is 0 Å². The average molecular weight is 499 g/mol. The second-order valence-corrected chi connectivity index (χ2v) is 12.5. The predicted molar refractivity (Wildman–Crippen MR) is 151 cm³/mol. The Bertz CT molecular complexity index is 910. The maximum absolute atomic E-state index is 11.0. The molecule has 0 aromatic heterocycles. The maximum atomic E-state index is 11.0. The number of unbranched alkanes of at least 4 members (excludes halogenated alkanes) is 8. The summed E-state index contributed by atoms with van der Waals surface area (Å²) < 4.78 is 0. The molecule has 0 radical (unpaired) electrons.